The first-order valence-electron chi connectivity index (χ1n) is 10.3. The number of rotatable bonds is 8. The van der Waals surface area contributed by atoms with Gasteiger partial charge in [-0.2, -0.15) is 0 Å². The summed E-state index contributed by atoms with van der Waals surface area (Å²) in [5, 5.41) is 10.6. The van der Waals surface area contributed by atoms with Gasteiger partial charge >= 0.3 is 5.97 Å². The van der Waals surface area contributed by atoms with Gasteiger partial charge in [0.1, 0.15) is 5.60 Å². The fraction of sp³-hybridized carbons (Fsp3) is 0.652. The number of hydrogen-bond donors (Lipinski definition) is 1. The average Bonchev–Trinajstić information content (AvgIpc) is 2.97. The second-order valence-electron chi connectivity index (χ2n) is 9.36. The molecule has 2 rings (SSSR count). The molecule has 1 aliphatic rings. The monoisotopic (exact) mass is 421 g/mol. The molecule has 0 aromatic heterocycles. The number of nitrogens with zero attached hydrogens (tertiary/aromatic N) is 1. The highest BCUT2D eigenvalue weighted by atomic mass is 16.5. The Kier molecular flexibility index (Phi) is 7.53. The maximum absolute atomic E-state index is 12.2. The Morgan fingerprint density at radius 1 is 1.33 bits per heavy atom. The van der Waals surface area contributed by atoms with Gasteiger partial charge in [-0.05, 0) is 52.3 Å². The van der Waals surface area contributed by atoms with E-state index < -0.39 is 23.6 Å². The number of carbonyl (C=O) groups is 2. The molecule has 168 valence electrons. The molecule has 0 bridgehead atoms. The third-order valence-electron chi connectivity index (χ3n) is 5.62. The summed E-state index contributed by atoms with van der Waals surface area (Å²) in [5.41, 5.74) is 0.153. The second-order valence-corrected chi connectivity index (χ2v) is 9.36. The van der Waals surface area contributed by atoms with Gasteiger partial charge in [0.25, 0.3) is 0 Å². The summed E-state index contributed by atoms with van der Waals surface area (Å²) in [4.78, 5) is 24.9. The van der Waals surface area contributed by atoms with Gasteiger partial charge < -0.3 is 19.3 Å². The van der Waals surface area contributed by atoms with Crippen LogP contribution >= 0.6 is 0 Å². The van der Waals surface area contributed by atoms with E-state index in [0.717, 1.165) is 5.56 Å². The topological polar surface area (TPSA) is 85.3 Å². The SMILES string of the molecule is COc1ccc(C2CN(CC(=O)O[C@@H](C)C=O)CC2(C)C(C)O)cc1OC(C)(C)C. The quantitative estimate of drug-likeness (QED) is 0.510. The van der Waals surface area contributed by atoms with Crippen molar-refractivity contribution in [2.75, 3.05) is 26.7 Å². The van der Waals surface area contributed by atoms with Gasteiger partial charge in [0.2, 0.25) is 0 Å². The predicted molar refractivity (Wildman–Crippen MR) is 114 cm³/mol. The standard InChI is InChI=1S/C23H35NO6/c1-15(13-25)29-21(27)12-24-11-18(23(6,14-24)16(2)26)17-8-9-19(28-7)20(10-17)30-22(3,4)5/h8-10,13,15-16,18,26H,11-12,14H2,1-7H3/t15-,16?,18?,23?/m0/s1. The van der Waals surface area contributed by atoms with Crippen LogP contribution in [0.5, 0.6) is 11.5 Å². The van der Waals surface area contributed by atoms with E-state index in [2.05, 4.69) is 0 Å². The Morgan fingerprint density at radius 3 is 2.53 bits per heavy atom. The summed E-state index contributed by atoms with van der Waals surface area (Å²) in [6, 6.07) is 5.82. The Balaban J connectivity index is 2.30. The van der Waals surface area contributed by atoms with Crippen LogP contribution in [0, 0.1) is 5.41 Å². The minimum atomic E-state index is -0.766. The molecule has 1 aromatic carbocycles. The highest BCUT2D eigenvalue weighted by Gasteiger charge is 2.47. The Bertz CT molecular complexity index is 757. The van der Waals surface area contributed by atoms with Crippen LogP contribution in [0.15, 0.2) is 18.2 Å². The summed E-state index contributed by atoms with van der Waals surface area (Å²) in [6.07, 6.45) is -0.761. The molecule has 3 unspecified atom stereocenters. The third-order valence-corrected chi connectivity index (χ3v) is 5.62. The first-order valence-corrected chi connectivity index (χ1v) is 10.3. The molecule has 1 fully saturated rings. The number of aliphatic hydroxyl groups excluding tert-OH is 1. The van der Waals surface area contributed by atoms with Crippen molar-refractivity contribution in [3.8, 4) is 11.5 Å². The minimum absolute atomic E-state index is 0.0259. The number of carbonyl (C=O) groups excluding carboxylic acids is 2. The first kappa shape index (κ1) is 24.2. The molecular formula is C23H35NO6. The number of aldehydes is 1. The lowest BCUT2D eigenvalue weighted by molar-refractivity contribution is -0.151. The molecule has 1 N–H and O–H groups in total. The molecule has 0 aliphatic carbocycles. The Hall–Kier alpha value is -2.12. The van der Waals surface area contributed by atoms with E-state index in [4.69, 9.17) is 14.2 Å². The van der Waals surface area contributed by atoms with Crippen LogP contribution in [-0.2, 0) is 14.3 Å². The lowest BCUT2D eigenvalue weighted by atomic mass is 9.72. The molecule has 4 atom stereocenters. The van der Waals surface area contributed by atoms with Crippen LogP contribution in [-0.4, -0.2) is 66.8 Å². The maximum Gasteiger partial charge on any atom is 0.320 e. The number of methoxy groups -OCH3 is 1. The molecule has 0 radical (unpaired) electrons. The number of esters is 1. The molecule has 0 spiro atoms. The zero-order chi connectivity index (χ0) is 22.7. The molecular weight excluding hydrogens is 386 g/mol. The molecule has 1 saturated heterocycles. The summed E-state index contributed by atoms with van der Waals surface area (Å²) < 4.78 is 16.6. The van der Waals surface area contributed by atoms with Crippen molar-refractivity contribution >= 4 is 12.3 Å². The highest BCUT2D eigenvalue weighted by molar-refractivity contribution is 5.74. The molecule has 30 heavy (non-hydrogen) atoms. The van der Waals surface area contributed by atoms with Crippen molar-refractivity contribution in [3.63, 3.8) is 0 Å². The largest absolute Gasteiger partial charge is 0.493 e. The van der Waals surface area contributed by atoms with Gasteiger partial charge in [0.05, 0.1) is 19.8 Å². The van der Waals surface area contributed by atoms with Crippen molar-refractivity contribution < 1.29 is 28.9 Å². The highest BCUT2D eigenvalue weighted by Crippen LogP contribution is 2.47. The third kappa shape index (κ3) is 5.73. The van der Waals surface area contributed by atoms with E-state index in [0.29, 0.717) is 30.9 Å². The van der Waals surface area contributed by atoms with E-state index in [1.165, 1.54) is 6.92 Å². The van der Waals surface area contributed by atoms with Crippen LogP contribution in [0.2, 0.25) is 0 Å². The normalized spacial score (nSPS) is 24.2. The summed E-state index contributed by atoms with van der Waals surface area (Å²) in [5.74, 6) is 0.818. The van der Waals surface area contributed by atoms with Crippen molar-refractivity contribution in [2.45, 2.75) is 65.3 Å². The van der Waals surface area contributed by atoms with Gasteiger partial charge in [0, 0.05) is 24.4 Å². The fourth-order valence-corrected chi connectivity index (χ4v) is 3.93. The average molecular weight is 422 g/mol. The first-order chi connectivity index (χ1) is 13.9. The van der Waals surface area contributed by atoms with Gasteiger partial charge in [-0.1, -0.05) is 13.0 Å². The molecule has 7 nitrogen and oxygen atoms in total. The number of benzene rings is 1. The maximum atomic E-state index is 12.2. The van der Waals surface area contributed by atoms with Gasteiger partial charge in [-0.3, -0.25) is 14.5 Å². The summed E-state index contributed by atoms with van der Waals surface area (Å²) in [7, 11) is 1.60. The smallest absolute Gasteiger partial charge is 0.320 e. The molecule has 1 aromatic rings. The number of hydrogen-bond acceptors (Lipinski definition) is 7. The van der Waals surface area contributed by atoms with Crippen molar-refractivity contribution in [3.05, 3.63) is 23.8 Å². The molecule has 1 heterocycles. The fourth-order valence-electron chi connectivity index (χ4n) is 3.93. The van der Waals surface area contributed by atoms with E-state index in [9.17, 15) is 14.7 Å². The molecule has 7 heteroatoms. The zero-order valence-electron chi connectivity index (χ0n) is 19.1. The van der Waals surface area contributed by atoms with E-state index >= 15 is 0 Å². The number of ether oxygens (including phenoxy) is 3. The lowest BCUT2D eigenvalue weighted by Gasteiger charge is -2.34. The summed E-state index contributed by atoms with van der Waals surface area (Å²) >= 11 is 0. The number of likely N-dealkylation sites (tertiary alicyclic amines) is 1. The second kappa shape index (κ2) is 9.35. The molecule has 0 saturated carbocycles. The van der Waals surface area contributed by atoms with Crippen molar-refractivity contribution in [1.29, 1.82) is 0 Å². The van der Waals surface area contributed by atoms with Crippen molar-refractivity contribution in [1.82, 2.24) is 4.90 Å². The van der Waals surface area contributed by atoms with Gasteiger partial charge in [-0.15, -0.1) is 0 Å². The Labute approximate surface area is 179 Å². The van der Waals surface area contributed by atoms with E-state index in [1.54, 1.807) is 14.0 Å². The van der Waals surface area contributed by atoms with Crippen LogP contribution in [0.1, 0.15) is 53.0 Å². The van der Waals surface area contributed by atoms with E-state index in [1.807, 2.05) is 50.8 Å². The predicted octanol–water partition coefficient (Wildman–Crippen LogP) is 2.79. The van der Waals surface area contributed by atoms with E-state index in [-0.39, 0.29) is 18.1 Å². The van der Waals surface area contributed by atoms with Crippen LogP contribution in [0.4, 0.5) is 0 Å². The van der Waals surface area contributed by atoms with Crippen LogP contribution in [0.25, 0.3) is 0 Å². The zero-order valence-corrected chi connectivity index (χ0v) is 19.1. The lowest BCUT2D eigenvalue weighted by Crippen LogP contribution is -2.38. The summed E-state index contributed by atoms with van der Waals surface area (Å²) in [6.45, 7) is 12.4. The van der Waals surface area contributed by atoms with Gasteiger partial charge in [0.15, 0.2) is 23.9 Å². The van der Waals surface area contributed by atoms with Gasteiger partial charge in [-0.25, -0.2) is 0 Å². The molecule has 0 amide bonds. The number of aliphatic hydroxyl groups is 1. The van der Waals surface area contributed by atoms with Crippen LogP contribution < -0.4 is 9.47 Å². The minimum Gasteiger partial charge on any atom is -0.493 e. The van der Waals surface area contributed by atoms with Crippen molar-refractivity contribution in [2.24, 2.45) is 5.41 Å². The van der Waals surface area contributed by atoms with Crippen LogP contribution in [0.3, 0.4) is 0 Å². The molecule has 1 aliphatic heterocycles. The Morgan fingerprint density at radius 2 is 2.00 bits per heavy atom.